The van der Waals surface area contributed by atoms with Gasteiger partial charge in [-0.15, -0.1) is 0 Å². The molecule has 0 bridgehead atoms. The maximum atomic E-state index is 13.0. The molecule has 8 nitrogen and oxygen atoms in total. The van der Waals surface area contributed by atoms with Gasteiger partial charge in [0.15, 0.2) is 5.65 Å². The van der Waals surface area contributed by atoms with Gasteiger partial charge >= 0.3 is 0 Å². The number of amides is 1. The fraction of sp³-hybridized carbons (Fsp3) is 0.286. The molecule has 0 aliphatic rings. The van der Waals surface area contributed by atoms with Crippen molar-refractivity contribution in [1.82, 2.24) is 14.5 Å². The summed E-state index contributed by atoms with van der Waals surface area (Å²) in [5.74, 6) is -0.654. The Labute approximate surface area is 216 Å². The van der Waals surface area contributed by atoms with E-state index in [1.165, 1.54) is 28.8 Å². The second-order valence-electron chi connectivity index (χ2n) is 10.1. The molecule has 4 rings (SSSR count). The Kier molecular flexibility index (Phi) is 7.29. The van der Waals surface area contributed by atoms with Crippen LogP contribution in [0.4, 0.5) is 5.95 Å². The van der Waals surface area contributed by atoms with Gasteiger partial charge in [-0.2, -0.15) is 4.98 Å². The van der Waals surface area contributed by atoms with Crippen molar-refractivity contribution in [1.29, 1.82) is 0 Å². The van der Waals surface area contributed by atoms with Crippen molar-refractivity contribution >= 4 is 47.5 Å². The van der Waals surface area contributed by atoms with Gasteiger partial charge in [-0.3, -0.25) is 29.3 Å². The first-order chi connectivity index (χ1) is 17.5. The molecule has 0 fully saturated rings. The van der Waals surface area contributed by atoms with Crippen LogP contribution in [0.3, 0.4) is 0 Å². The Morgan fingerprint density at radius 3 is 2.05 bits per heavy atom. The SMILES string of the molecule is CC(=O)Nc1nc2c(c(CCO[Si](c3ccccc3)(c3ccccc3)C(C)(C)C)cn2C(C)=O)c(=O)[nH]1. The molecule has 0 saturated heterocycles. The lowest BCUT2D eigenvalue weighted by Gasteiger charge is -2.43. The smallest absolute Gasteiger partial charge is 0.262 e. The minimum absolute atomic E-state index is 0.000659. The summed E-state index contributed by atoms with van der Waals surface area (Å²) in [5, 5.41) is 4.94. The van der Waals surface area contributed by atoms with Gasteiger partial charge in [-0.25, -0.2) is 0 Å². The normalized spacial score (nSPS) is 12.0. The number of fused-ring (bicyclic) bond motifs is 1. The van der Waals surface area contributed by atoms with Crippen LogP contribution < -0.4 is 21.2 Å². The minimum Gasteiger partial charge on any atom is -0.407 e. The number of hydrogen-bond acceptors (Lipinski definition) is 5. The monoisotopic (exact) mass is 516 g/mol. The van der Waals surface area contributed by atoms with Gasteiger partial charge in [0.25, 0.3) is 13.9 Å². The van der Waals surface area contributed by atoms with Gasteiger partial charge in [-0.05, 0) is 27.4 Å². The van der Waals surface area contributed by atoms with Crippen molar-refractivity contribution in [2.45, 2.75) is 46.1 Å². The summed E-state index contributed by atoms with van der Waals surface area (Å²) >= 11 is 0. The largest absolute Gasteiger partial charge is 0.407 e. The Balaban J connectivity index is 1.76. The van der Waals surface area contributed by atoms with E-state index in [1.807, 2.05) is 36.4 Å². The van der Waals surface area contributed by atoms with Crippen LogP contribution in [0.25, 0.3) is 11.0 Å². The third-order valence-corrected chi connectivity index (χ3v) is 11.5. The first kappa shape index (κ1) is 26.2. The molecular weight excluding hydrogens is 484 g/mol. The number of rotatable bonds is 7. The summed E-state index contributed by atoms with van der Waals surface area (Å²) in [4.78, 5) is 43.8. The Hall–Kier alpha value is -3.82. The molecule has 0 unspecified atom stereocenters. The predicted octanol–water partition coefficient (Wildman–Crippen LogP) is 3.46. The van der Waals surface area contributed by atoms with Gasteiger partial charge in [0.05, 0.1) is 5.39 Å². The fourth-order valence-electron chi connectivity index (χ4n) is 4.94. The summed E-state index contributed by atoms with van der Waals surface area (Å²) in [5.41, 5.74) is 0.445. The van der Waals surface area contributed by atoms with E-state index < -0.39 is 13.9 Å². The molecule has 0 spiro atoms. The van der Waals surface area contributed by atoms with E-state index in [1.54, 1.807) is 6.20 Å². The van der Waals surface area contributed by atoms with Gasteiger partial charge in [0, 0.05) is 26.7 Å². The Morgan fingerprint density at radius 2 is 1.57 bits per heavy atom. The number of aromatic amines is 1. The van der Waals surface area contributed by atoms with Crippen LogP contribution in [0.5, 0.6) is 0 Å². The minimum atomic E-state index is -2.75. The van der Waals surface area contributed by atoms with E-state index in [9.17, 15) is 14.4 Å². The van der Waals surface area contributed by atoms with E-state index in [-0.39, 0.29) is 28.4 Å². The van der Waals surface area contributed by atoms with Crippen LogP contribution in [0.15, 0.2) is 71.7 Å². The fourth-order valence-corrected chi connectivity index (χ4v) is 9.50. The zero-order chi connectivity index (χ0) is 26.8. The predicted molar refractivity (Wildman–Crippen MR) is 148 cm³/mol. The van der Waals surface area contributed by atoms with E-state index in [2.05, 4.69) is 60.3 Å². The van der Waals surface area contributed by atoms with Crippen LogP contribution in [0.2, 0.25) is 5.04 Å². The Morgan fingerprint density at radius 1 is 1.00 bits per heavy atom. The Bertz CT molecular complexity index is 1450. The van der Waals surface area contributed by atoms with Gasteiger partial charge in [0.1, 0.15) is 0 Å². The lowest BCUT2D eigenvalue weighted by atomic mass is 10.2. The topological polar surface area (TPSA) is 106 Å². The lowest BCUT2D eigenvalue weighted by molar-refractivity contribution is -0.114. The number of carbonyl (C=O) groups excluding carboxylic acids is 2. The molecule has 0 aliphatic heterocycles. The molecule has 37 heavy (non-hydrogen) atoms. The summed E-state index contributed by atoms with van der Waals surface area (Å²) in [6.45, 7) is 9.69. The summed E-state index contributed by atoms with van der Waals surface area (Å²) in [7, 11) is -2.75. The van der Waals surface area contributed by atoms with Crippen LogP contribution >= 0.6 is 0 Å². The molecule has 1 amide bonds. The third-order valence-electron chi connectivity index (χ3n) is 6.48. The highest BCUT2D eigenvalue weighted by molar-refractivity contribution is 6.99. The third kappa shape index (κ3) is 5.05. The first-order valence-corrected chi connectivity index (χ1v) is 14.1. The van der Waals surface area contributed by atoms with E-state index >= 15 is 0 Å². The van der Waals surface area contributed by atoms with Gasteiger partial charge in [0.2, 0.25) is 17.8 Å². The second kappa shape index (κ2) is 10.3. The second-order valence-corrected chi connectivity index (χ2v) is 14.4. The van der Waals surface area contributed by atoms with Gasteiger partial charge < -0.3 is 4.43 Å². The van der Waals surface area contributed by atoms with Crippen molar-refractivity contribution in [2.24, 2.45) is 0 Å². The number of anilines is 1. The average Bonchev–Trinajstić information content (AvgIpc) is 3.21. The first-order valence-electron chi connectivity index (χ1n) is 12.2. The number of aromatic nitrogens is 3. The summed E-state index contributed by atoms with van der Waals surface area (Å²) in [6.07, 6.45) is 2.05. The molecular formula is C28H32N4O4Si. The van der Waals surface area contributed by atoms with Crippen molar-refractivity contribution < 1.29 is 14.0 Å². The maximum absolute atomic E-state index is 13.0. The summed E-state index contributed by atoms with van der Waals surface area (Å²) in [6, 6.07) is 20.7. The molecule has 0 aliphatic carbocycles. The number of nitrogens with zero attached hydrogens (tertiary/aromatic N) is 2. The molecule has 2 aromatic carbocycles. The lowest BCUT2D eigenvalue weighted by Crippen LogP contribution is -2.66. The van der Waals surface area contributed by atoms with Crippen molar-refractivity contribution in [3.63, 3.8) is 0 Å². The quantitative estimate of drug-likeness (QED) is 0.366. The molecule has 2 N–H and O–H groups in total. The molecule has 0 saturated carbocycles. The standard InChI is InChI=1S/C28H32N4O4Si/c1-19(33)29-27-30-25-24(26(35)31-27)21(18-32(25)20(2)34)16-17-36-37(28(3,4)5,22-12-8-6-9-13-22)23-14-10-7-11-15-23/h6-15,18H,16-17H2,1-5H3,(H2,29,30,31,33,35). The highest BCUT2D eigenvalue weighted by Gasteiger charge is 2.50. The number of nitrogens with one attached hydrogen (secondary N) is 2. The van der Waals surface area contributed by atoms with E-state index in [4.69, 9.17) is 4.43 Å². The molecule has 2 heterocycles. The average molecular weight is 517 g/mol. The molecule has 0 atom stereocenters. The molecule has 4 aromatic rings. The van der Waals surface area contributed by atoms with Crippen molar-refractivity contribution in [3.8, 4) is 0 Å². The zero-order valence-electron chi connectivity index (χ0n) is 21.8. The van der Waals surface area contributed by atoms with Crippen molar-refractivity contribution in [2.75, 3.05) is 11.9 Å². The van der Waals surface area contributed by atoms with E-state index in [0.29, 0.717) is 24.0 Å². The maximum Gasteiger partial charge on any atom is 0.262 e. The van der Waals surface area contributed by atoms with Crippen LogP contribution in [0.1, 0.15) is 45.0 Å². The molecule has 192 valence electrons. The van der Waals surface area contributed by atoms with E-state index in [0.717, 1.165) is 0 Å². The highest BCUT2D eigenvalue weighted by Crippen LogP contribution is 2.37. The molecule has 0 radical (unpaired) electrons. The number of H-pyrrole nitrogens is 1. The van der Waals surface area contributed by atoms with Crippen LogP contribution in [-0.2, 0) is 15.6 Å². The number of hydrogen-bond donors (Lipinski definition) is 2. The number of benzene rings is 2. The van der Waals surface area contributed by atoms with Crippen LogP contribution in [-0.4, -0.2) is 41.3 Å². The van der Waals surface area contributed by atoms with Crippen LogP contribution in [0, 0.1) is 0 Å². The zero-order valence-corrected chi connectivity index (χ0v) is 22.8. The molecule has 2 aromatic heterocycles. The molecule has 9 heteroatoms. The van der Waals surface area contributed by atoms with Gasteiger partial charge in [-0.1, -0.05) is 81.4 Å². The number of carbonyl (C=O) groups is 2. The highest BCUT2D eigenvalue weighted by atomic mass is 28.4. The summed E-state index contributed by atoms with van der Waals surface area (Å²) < 4.78 is 8.30. The van der Waals surface area contributed by atoms with Crippen molar-refractivity contribution in [3.05, 3.63) is 82.8 Å².